The second-order valence-electron chi connectivity index (χ2n) is 4.30. The van der Waals surface area contributed by atoms with Gasteiger partial charge in [-0.05, 0) is 24.1 Å². The molecule has 1 aromatic rings. The molecule has 0 bridgehead atoms. The molecule has 0 saturated heterocycles. The van der Waals surface area contributed by atoms with Crippen LogP contribution in [-0.2, 0) is 9.59 Å². The van der Waals surface area contributed by atoms with Crippen molar-refractivity contribution in [3.8, 4) is 0 Å². The zero-order valence-corrected chi connectivity index (χ0v) is 12.3. The number of amides is 2. The molecule has 0 aromatic heterocycles. The van der Waals surface area contributed by atoms with Crippen molar-refractivity contribution in [2.45, 2.75) is 31.8 Å². The van der Waals surface area contributed by atoms with Crippen LogP contribution >= 0.6 is 15.9 Å². The SMILES string of the molecule is CCC(NC(=O)C(N)CC(N)=O)c1ccc(Br)cc1. The highest BCUT2D eigenvalue weighted by atomic mass is 79.9. The normalized spacial score (nSPS) is 13.6. The van der Waals surface area contributed by atoms with Crippen LogP contribution in [0.2, 0.25) is 0 Å². The molecule has 2 unspecified atom stereocenters. The van der Waals surface area contributed by atoms with Crippen molar-refractivity contribution in [3.63, 3.8) is 0 Å². The molecule has 104 valence electrons. The first kappa shape index (κ1) is 15.7. The third-order valence-electron chi connectivity index (χ3n) is 2.75. The van der Waals surface area contributed by atoms with E-state index in [9.17, 15) is 9.59 Å². The Morgan fingerprint density at radius 3 is 2.37 bits per heavy atom. The Morgan fingerprint density at radius 2 is 1.89 bits per heavy atom. The lowest BCUT2D eigenvalue weighted by Crippen LogP contribution is -2.44. The fraction of sp³-hybridized carbons (Fsp3) is 0.385. The van der Waals surface area contributed by atoms with E-state index in [0.717, 1.165) is 16.5 Å². The van der Waals surface area contributed by atoms with Gasteiger partial charge in [-0.3, -0.25) is 9.59 Å². The molecule has 0 aliphatic heterocycles. The van der Waals surface area contributed by atoms with E-state index < -0.39 is 11.9 Å². The van der Waals surface area contributed by atoms with Gasteiger partial charge in [0.15, 0.2) is 0 Å². The van der Waals surface area contributed by atoms with Crippen molar-refractivity contribution < 1.29 is 9.59 Å². The molecular weight excluding hydrogens is 310 g/mol. The molecule has 2 atom stereocenters. The molecule has 1 aromatic carbocycles. The molecule has 1 rings (SSSR count). The molecular formula is C13H18BrN3O2. The summed E-state index contributed by atoms with van der Waals surface area (Å²) < 4.78 is 0.975. The Bertz CT molecular complexity index is 448. The molecule has 0 fully saturated rings. The predicted molar refractivity (Wildman–Crippen MR) is 77.1 cm³/mol. The molecule has 2 amide bonds. The first-order valence-electron chi connectivity index (χ1n) is 6.03. The Hall–Kier alpha value is -1.40. The van der Waals surface area contributed by atoms with Gasteiger partial charge >= 0.3 is 0 Å². The molecule has 0 saturated carbocycles. The van der Waals surface area contributed by atoms with E-state index in [2.05, 4.69) is 21.2 Å². The van der Waals surface area contributed by atoms with Gasteiger partial charge in [0.1, 0.15) is 0 Å². The first-order chi connectivity index (χ1) is 8.93. The molecule has 0 aliphatic rings. The number of hydrogen-bond donors (Lipinski definition) is 3. The summed E-state index contributed by atoms with van der Waals surface area (Å²) in [6.45, 7) is 1.96. The summed E-state index contributed by atoms with van der Waals surface area (Å²) in [4.78, 5) is 22.6. The zero-order chi connectivity index (χ0) is 14.4. The average Bonchev–Trinajstić information content (AvgIpc) is 2.36. The highest BCUT2D eigenvalue weighted by Crippen LogP contribution is 2.19. The van der Waals surface area contributed by atoms with Crippen LogP contribution < -0.4 is 16.8 Å². The maximum absolute atomic E-state index is 11.8. The second-order valence-corrected chi connectivity index (χ2v) is 5.21. The van der Waals surface area contributed by atoms with Gasteiger partial charge in [-0.2, -0.15) is 0 Å². The van der Waals surface area contributed by atoms with E-state index >= 15 is 0 Å². The molecule has 5 nitrogen and oxygen atoms in total. The number of benzene rings is 1. The molecule has 0 aliphatic carbocycles. The van der Waals surface area contributed by atoms with Crippen LogP contribution in [0.5, 0.6) is 0 Å². The summed E-state index contributed by atoms with van der Waals surface area (Å²) in [5, 5.41) is 2.82. The van der Waals surface area contributed by atoms with E-state index in [4.69, 9.17) is 11.5 Å². The van der Waals surface area contributed by atoms with Gasteiger partial charge < -0.3 is 16.8 Å². The highest BCUT2D eigenvalue weighted by molar-refractivity contribution is 9.10. The smallest absolute Gasteiger partial charge is 0.237 e. The molecule has 5 N–H and O–H groups in total. The fourth-order valence-corrected chi connectivity index (χ4v) is 1.97. The highest BCUT2D eigenvalue weighted by Gasteiger charge is 2.19. The van der Waals surface area contributed by atoms with Gasteiger partial charge in [0, 0.05) is 4.47 Å². The van der Waals surface area contributed by atoms with Gasteiger partial charge in [0.25, 0.3) is 0 Å². The third-order valence-corrected chi connectivity index (χ3v) is 3.28. The number of hydrogen-bond acceptors (Lipinski definition) is 3. The molecule has 0 spiro atoms. The lowest BCUT2D eigenvalue weighted by atomic mass is 10.0. The number of halogens is 1. The number of primary amides is 1. The van der Waals surface area contributed by atoms with Crippen molar-refractivity contribution in [2.24, 2.45) is 11.5 Å². The Balaban J connectivity index is 2.69. The van der Waals surface area contributed by atoms with Crippen LogP contribution in [0.3, 0.4) is 0 Å². The van der Waals surface area contributed by atoms with Crippen LogP contribution in [-0.4, -0.2) is 17.9 Å². The first-order valence-corrected chi connectivity index (χ1v) is 6.83. The van der Waals surface area contributed by atoms with Crippen molar-refractivity contribution in [3.05, 3.63) is 34.3 Å². The summed E-state index contributed by atoms with van der Waals surface area (Å²) in [7, 11) is 0. The van der Waals surface area contributed by atoms with E-state index in [0.29, 0.717) is 0 Å². The zero-order valence-electron chi connectivity index (χ0n) is 10.7. The number of rotatable bonds is 6. The van der Waals surface area contributed by atoms with Gasteiger partial charge in [-0.1, -0.05) is 35.0 Å². The number of carbonyl (C=O) groups is 2. The molecule has 0 heterocycles. The van der Waals surface area contributed by atoms with Crippen molar-refractivity contribution >= 4 is 27.7 Å². The summed E-state index contributed by atoms with van der Waals surface area (Å²) >= 11 is 3.36. The average molecular weight is 328 g/mol. The van der Waals surface area contributed by atoms with Crippen LogP contribution in [0, 0.1) is 0 Å². The van der Waals surface area contributed by atoms with Gasteiger partial charge in [0.2, 0.25) is 11.8 Å². The summed E-state index contributed by atoms with van der Waals surface area (Å²) in [5.41, 5.74) is 11.6. The number of nitrogens with two attached hydrogens (primary N) is 2. The van der Waals surface area contributed by atoms with Crippen molar-refractivity contribution in [1.82, 2.24) is 5.32 Å². The maximum atomic E-state index is 11.8. The standard InChI is InChI=1S/C13H18BrN3O2/c1-2-11(8-3-5-9(14)6-4-8)17-13(19)10(15)7-12(16)18/h3-6,10-11H,2,7,15H2,1H3,(H2,16,18)(H,17,19). The van der Waals surface area contributed by atoms with Crippen LogP contribution in [0.25, 0.3) is 0 Å². The van der Waals surface area contributed by atoms with E-state index in [-0.39, 0.29) is 18.4 Å². The third kappa shape index (κ3) is 5.00. The molecule has 6 heteroatoms. The van der Waals surface area contributed by atoms with Gasteiger partial charge in [-0.25, -0.2) is 0 Å². The quantitative estimate of drug-likeness (QED) is 0.732. The van der Waals surface area contributed by atoms with Crippen molar-refractivity contribution in [1.29, 1.82) is 0 Å². The number of carbonyl (C=O) groups excluding carboxylic acids is 2. The minimum atomic E-state index is -0.901. The summed E-state index contributed by atoms with van der Waals surface area (Å²) in [6.07, 6.45) is 0.583. The Labute approximate surface area is 120 Å². The van der Waals surface area contributed by atoms with E-state index in [1.54, 1.807) is 0 Å². The fourth-order valence-electron chi connectivity index (χ4n) is 1.70. The summed E-state index contributed by atoms with van der Waals surface area (Å²) in [5.74, 6) is -0.951. The van der Waals surface area contributed by atoms with Crippen LogP contribution in [0.15, 0.2) is 28.7 Å². The van der Waals surface area contributed by atoms with Gasteiger partial charge in [-0.15, -0.1) is 0 Å². The summed E-state index contributed by atoms with van der Waals surface area (Å²) in [6, 6.07) is 6.65. The van der Waals surface area contributed by atoms with Crippen molar-refractivity contribution in [2.75, 3.05) is 0 Å². The molecule has 0 radical (unpaired) electrons. The topological polar surface area (TPSA) is 98.2 Å². The Kier molecular flexibility index (Phi) is 5.98. The Morgan fingerprint density at radius 1 is 1.32 bits per heavy atom. The number of nitrogens with one attached hydrogen (secondary N) is 1. The van der Waals surface area contributed by atoms with Crippen LogP contribution in [0.4, 0.5) is 0 Å². The largest absolute Gasteiger partial charge is 0.370 e. The van der Waals surface area contributed by atoms with Crippen LogP contribution in [0.1, 0.15) is 31.4 Å². The molecule has 19 heavy (non-hydrogen) atoms. The maximum Gasteiger partial charge on any atom is 0.237 e. The minimum Gasteiger partial charge on any atom is -0.370 e. The monoisotopic (exact) mass is 327 g/mol. The van der Waals surface area contributed by atoms with E-state index in [1.165, 1.54) is 0 Å². The van der Waals surface area contributed by atoms with E-state index in [1.807, 2.05) is 31.2 Å². The lowest BCUT2D eigenvalue weighted by Gasteiger charge is -2.19. The second kappa shape index (κ2) is 7.25. The lowest BCUT2D eigenvalue weighted by molar-refractivity contribution is -0.126. The minimum absolute atomic E-state index is 0.125. The van der Waals surface area contributed by atoms with Gasteiger partial charge in [0.05, 0.1) is 18.5 Å². The predicted octanol–water partition coefficient (Wildman–Crippen LogP) is 1.22.